The van der Waals surface area contributed by atoms with Gasteiger partial charge in [-0.05, 0) is 30.2 Å². The highest BCUT2D eigenvalue weighted by atomic mass is 16.5. The number of hydrogen-bond donors (Lipinski definition) is 1. The molecule has 17 heavy (non-hydrogen) atoms. The quantitative estimate of drug-likeness (QED) is 0.771. The monoisotopic (exact) mass is 236 g/mol. The largest absolute Gasteiger partial charge is 0.493 e. The van der Waals surface area contributed by atoms with E-state index in [0.29, 0.717) is 18.1 Å². The number of carbonyl (C=O) groups is 1. The fourth-order valence-corrected chi connectivity index (χ4v) is 1.29. The highest BCUT2D eigenvalue weighted by Crippen LogP contribution is 2.28. The Morgan fingerprint density at radius 2 is 2.18 bits per heavy atom. The van der Waals surface area contributed by atoms with Crippen molar-refractivity contribution in [3.63, 3.8) is 0 Å². The van der Waals surface area contributed by atoms with Gasteiger partial charge in [0.15, 0.2) is 11.5 Å². The van der Waals surface area contributed by atoms with Crippen molar-refractivity contribution >= 4 is 12.0 Å². The van der Waals surface area contributed by atoms with Gasteiger partial charge < -0.3 is 14.6 Å². The van der Waals surface area contributed by atoms with E-state index < -0.39 is 5.97 Å². The Kier molecular flexibility index (Phi) is 5.07. The molecule has 0 saturated carbocycles. The Morgan fingerprint density at radius 3 is 2.76 bits per heavy atom. The fraction of sp³-hybridized carbons (Fsp3) is 0.308. The summed E-state index contributed by atoms with van der Waals surface area (Å²) in [4.78, 5) is 10.4. The van der Waals surface area contributed by atoms with Crippen LogP contribution in [0.1, 0.15) is 18.9 Å². The molecule has 0 aliphatic carbocycles. The first-order chi connectivity index (χ1) is 8.17. The topological polar surface area (TPSA) is 55.8 Å². The minimum Gasteiger partial charge on any atom is -0.493 e. The third kappa shape index (κ3) is 4.18. The summed E-state index contributed by atoms with van der Waals surface area (Å²) in [5.74, 6) is 0.295. The zero-order valence-electron chi connectivity index (χ0n) is 9.97. The highest BCUT2D eigenvalue weighted by molar-refractivity contribution is 5.85. The average molecular weight is 236 g/mol. The molecule has 0 fully saturated rings. The zero-order valence-corrected chi connectivity index (χ0v) is 9.97. The van der Waals surface area contributed by atoms with E-state index in [4.69, 9.17) is 14.6 Å². The zero-order chi connectivity index (χ0) is 12.7. The van der Waals surface area contributed by atoms with E-state index in [1.54, 1.807) is 25.3 Å². The van der Waals surface area contributed by atoms with Crippen molar-refractivity contribution in [2.24, 2.45) is 0 Å². The predicted octanol–water partition coefficient (Wildman–Crippen LogP) is 2.58. The lowest BCUT2D eigenvalue weighted by molar-refractivity contribution is -0.131. The second-order valence-corrected chi connectivity index (χ2v) is 3.43. The predicted molar refractivity (Wildman–Crippen MR) is 65.4 cm³/mol. The van der Waals surface area contributed by atoms with Crippen molar-refractivity contribution < 1.29 is 19.4 Å². The number of hydrogen-bond acceptors (Lipinski definition) is 3. The van der Waals surface area contributed by atoms with Crippen molar-refractivity contribution in [2.45, 2.75) is 13.3 Å². The summed E-state index contributed by atoms with van der Waals surface area (Å²) in [6, 6.07) is 5.30. The number of carboxylic acid groups (broad SMARTS) is 1. The molecular weight excluding hydrogens is 220 g/mol. The first-order valence-corrected chi connectivity index (χ1v) is 5.39. The molecule has 0 aliphatic rings. The number of ether oxygens (including phenoxy) is 2. The van der Waals surface area contributed by atoms with Crippen LogP contribution in [0.25, 0.3) is 6.08 Å². The maximum Gasteiger partial charge on any atom is 0.328 e. The molecule has 0 saturated heterocycles. The summed E-state index contributed by atoms with van der Waals surface area (Å²) in [5, 5.41) is 8.53. The van der Waals surface area contributed by atoms with Gasteiger partial charge in [-0.15, -0.1) is 0 Å². The molecule has 1 N–H and O–H groups in total. The van der Waals surface area contributed by atoms with Crippen LogP contribution < -0.4 is 9.47 Å². The van der Waals surface area contributed by atoms with Gasteiger partial charge in [0.1, 0.15) is 0 Å². The van der Waals surface area contributed by atoms with E-state index in [0.717, 1.165) is 18.1 Å². The van der Waals surface area contributed by atoms with E-state index in [9.17, 15) is 4.79 Å². The normalized spacial score (nSPS) is 10.5. The van der Waals surface area contributed by atoms with Crippen LogP contribution in [0, 0.1) is 0 Å². The van der Waals surface area contributed by atoms with E-state index in [1.807, 2.05) is 6.92 Å². The Balaban J connectivity index is 2.87. The SMILES string of the molecule is CCCOc1ccc(/C=C\C(=O)O)cc1OC. The summed E-state index contributed by atoms with van der Waals surface area (Å²) in [6.45, 7) is 2.65. The van der Waals surface area contributed by atoms with Gasteiger partial charge in [0.25, 0.3) is 0 Å². The van der Waals surface area contributed by atoms with Crippen LogP contribution in [0.5, 0.6) is 11.5 Å². The van der Waals surface area contributed by atoms with E-state index in [2.05, 4.69) is 0 Å². The minimum atomic E-state index is -0.977. The van der Waals surface area contributed by atoms with Crippen LogP contribution in [0.4, 0.5) is 0 Å². The summed E-state index contributed by atoms with van der Waals surface area (Å²) in [6.07, 6.45) is 3.51. The summed E-state index contributed by atoms with van der Waals surface area (Å²) >= 11 is 0. The summed E-state index contributed by atoms with van der Waals surface area (Å²) in [7, 11) is 1.55. The van der Waals surface area contributed by atoms with Crippen molar-refractivity contribution in [1.82, 2.24) is 0 Å². The molecule has 0 aromatic heterocycles. The molecule has 1 aromatic carbocycles. The smallest absolute Gasteiger partial charge is 0.328 e. The molecule has 0 aliphatic heterocycles. The molecule has 1 aromatic rings. The number of aliphatic carboxylic acids is 1. The first-order valence-electron chi connectivity index (χ1n) is 5.39. The lowest BCUT2D eigenvalue weighted by Gasteiger charge is -2.10. The van der Waals surface area contributed by atoms with Crippen LogP contribution in [0.2, 0.25) is 0 Å². The van der Waals surface area contributed by atoms with Crippen LogP contribution in [0.15, 0.2) is 24.3 Å². The first kappa shape index (κ1) is 13.1. The van der Waals surface area contributed by atoms with Crippen molar-refractivity contribution in [1.29, 1.82) is 0 Å². The van der Waals surface area contributed by atoms with Gasteiger partial charge in [-0.1, -0.05) is 13.0 Å². The molecule has 0 atom stereocenters. The Morgan fingerprint density at radius 1 is 1.41 bits per heavy atom. The average Bonchev–Trinajstić information content (AvgIpc) is 2.34. The van der Waals surface area contributed by atoms with E-state index in [-0.39, 0.29) is 0 Å². The third-order valence-corrected chi connectivity index (χ3v) is 2.07. The second-order valence-electron chi connectivity index (χ2n) is 3.43. The van der Waals surface area contributed by atoms with E-state index >= 15 is 0 Å². The van der Waals surface area contributed by atoms with E-state index in [1.165, 1.54) is 6.08 Å². The number of rotatable bonds is 6. The Bertz CT molecular complexity index is 410. The summed E-state index contributed by atoms with van der Waals surface area (Å²) in [5.41, 5.74) is 0.757. The molecule has 0 unspecified atom stereocenters. The van der Waals surface area contributed by atoms with Gasteiger partial charge in [0, 0.05) is 6.08 Å². The molecule has 0 heterocycles. The van der Waals surface area contributed by atoms with Gasteiger partial charge in [0.05, 0.1) is 13.7 Å². The van der Waals surface area contributed by atoms with Gasteiger partial charge in [-0.2, -0.15) is 0 Å². The number of carboxylic acids is 1. The molecular formula is C13H16O4. The minimum absolute atomic E-state index is 0.603. The van der Waals surface area contributed by atoms with Gasteiger partial charge in [-0.3, -0.25) is 0 Å². The van der Waals surface area contributed by atoms with Crippen LogP contribution in [-0.4, -0.2) is 24.8 Å². The van der Waals surface area contributed by atoms with Crippen LogP contribution >= 0.6 is 0 Å². The number of benzene rings is 1. The molecule has 0 bridgehead atoms. The second kappa shape index (κ2) is 6.58. The molecule has 4 nitrogen and oxygen atoms in total. The lowest BCUT2D eigenvalue weighted by atomic mass is 10.2. The Labute approximate surface area is 100 Å². The third-order valence-electron chi connectivity index (χ3n) is 2.07. The molecule has 0 amide bonds. The number of methoxy groups -OCH3 is 1. The summed E-state index contributed by atoms with van der Waals surface area (Å²) < 4.78 is 10.7. The molecule has 92 valence electrons. The van der Waals surface area contributed by atoms with Crippen molar-refractivity contribution in [3.8, 4) is 11.5 Å². The molecule has 0 spiro atoms. The maximum atomic E-state index is 10.4. The molecule has 4 heteroatoms. The van der Waals surface area contributed by atoms with Gasteiger partial charge in [-0.25, -0.2) is 4.79 Å². The molecule has 1 rings (SSSR count). The fourth-order valence-electron chi connectivity index (χ4n) is 1.29. The molecule has 0 radical (unpaired) electrons. The standard InChI is InChI=1S/C13H16O4/c1-3-8-17-11-6-4-10(5-7-13(14)15)9-12(11)16-2/h4-7,9H,3,8H2,1-2H3,(H,14,15)/b7-5-. The lowest BCUT2D eigenvalue weighted by Crippen LogP contribution is -1.97. The Hall–Kier alpha value is -1.97. The van der Waals surface area contributed by atoms with Crippen molar-refractivity contribution in [3.05, 3.63) is 29.8 Å². The van der Waals surface area contributed by atoms with Gasteiger partial charge in [0.2, 0.25) is 0 Å². The van der Waals surface area contributed by atoms with Gasteiger partial charge >= 0.3 is 5.97 Å². The van der Waals surface area contributed by atoms with Crippen LogP contribution in [-0.2, 0) is 4.79 Å². The maximum absolute atomic E-state index is 10.4. The van der Waals surface area contributed by atoms with Crippen LogP contribution in [0.3, 0.4) is 0 Å². The van der Waals surface area contributed by atoms with Crippen molar-refractivity contribution in [2.75, 3.05) is 13.7 Å². The highest BCUT2D eigenvalue weighted by Gasteiger charge is 2.04.